The molecule has 0 aliphatic carbocycles. The molecule has 0 saturated heterocycles. The van der Waals surface area contributed by atoms with E-state index >= 15 is 0 Å². The Balaban J connectivity index is 1.57. The molecule has 0 fully saturated rings. The zero-order valence-electron chi connectivity index (χ0n) is 15.6. The van der Waals surface area contributed by atoms with E-state index in [1.165, 1.54) is 36.6 Å². The highest BCUT2D eigenvalue weighted by Gasteiger charge is 2.20. The summed E-state index contributed by atoms with van der Waals surface area (Å²) in [5, 5.41) is 0. The molecule has 1 aliphatic heterocycles. The molecule has 0 saturated carbocycles. The quantitative estimate of drug-likeness (QED) is 0.583. The third-order valence-electron chi connectivity index (χ3n) is 4.77. The van der Waals surface area contributed by atoms with Crippen LogP contribution in [0.15, 0.2) is 47.4 Å². The van der Waals surface area contributed by atoms with Crippen molar-refractivity contribution in [2.45, 2.75) is 24.7 Å². The number of benzene rings is 2. The van der Waals surface area contributed by atoms with Crippen molar-refractivity contribution in [3.05, 3.63) is 59.2 Å². The van der Waals surface area contributed by atoms with Crippen molar-refractivity contribution in [2.24, 2.45) is 0 Å². The van der Waals surface area contributed by atoms with Gasteiger partial charge in [0.1, 0.15) is 0 Å². The van der Waals surface area contributed by atoms with Crippen LogP contribution in [0.2, 0.25) is 0 Å². The lowest BCUT2D eigenvalue weighted by Crippen LogP contribution is -2.29. The molecule has 1 aliphatic rings. The van der Waals surface area contributed by atoms with Crippen molar-refractivity contribution in [2.75, 3.05) is 31.6 Å². The number of methoxy groups -OCH3 is 1. The Labute approximate surface area is 160 Å². The molecule has 0 bridgehead atoms. The zero-order chi connectivity index (χ0) is 19.4. The lowest BCUT2D eigenvalue weighted by atomic mass is 10.1. The first-order chi connectivity index (χ1) is 12.9. The SMILES string of the molecule is COC(=O)c1ccc(S(=O)(=O)NCCCN2CCc3ccccc32)c(C)c1. The molecule has 2 aromatic carbocycles. The van der Waals surface area contributed by atoms with Crippen LogP contribution in [0.4, 0.5) is 5.69 Å². The zero-order valence-corrected chi connectivity index (χ0v) is 16.4. The molecule has 0 amide bonds. The summed E-state index contributed by atoms with van der Waals surface area (Å²) in [5.74, 6) is -0.485. The summed E-state index contributed by atoms with van der Waals surface area (Å²) in [4.78, 5) is 14.0. The number of para-hydroxylation sites is 1. The Hall–Kier alpha value is -2.38. The van der Waals surface area contributed by atoms with Gasteiger partial charge in [-0.05, 0) is 55.2 Å². The average molecular weight is 388 g/mol. The molecule has 2 aromatic rings. The molecular weight excluding hydrogens is 364 g/mol. The second-order valence-corrected chi connectivity index (χ2v) is 8.32. The number of sulfonamides is 1. The minimum atomic E-state index is -3.62. The van der Waals surface area contributed by atoms with Gasteiger partial charge in [0.05, 0.1) is 17.6 Å². The standard InChI is InChI=1S/C20H24N2O4S/c1-15-14-17(20(23)26-2)8-9-19(15)27(24,25)21-11-5-12-22-13-10-16-6-3-4-7-18(16)22/h3-4,6-9,14,21H,5,10-13H2,1-2H3. The summed E-state index contributed by atoms with van der Waals surface area (Å²) in [6.45, 7) is 3.81. The molecule has 1 N–H and O–H groups in total. The highest BCUT2D eigenvalue weighted by atomic mass is 32.2. The Kier molecular flexibility index (Phi) is 5.82. The highest BCUT2D eigenvalue weighted by Crippen LogP contribution is 2.27. The van der Waals surface area contributed by atoms with Gasteiger partial charge in [-0.25, -0.2) is 17.9 Å². The Bertz CT molecular complexity index is 941. The monoisotopic (exact) mass is 388 g/mol. The van der Waals surface area contributed by atoms with Crippen LogP contribution in [0.5, 0.6) is 0 Å². The molecule has 6 nitrogen and oxygen atoms in total. The molecule has 0 unspecified atom stereocenters. The number of esters is 1. The van der Waals surface area contributed by atoms with E-state index in [9.17, 15) is 13.2 Å². The van der Waals surface area contributed by atoms with Crippen LogP contribution in [0, 0.1) is 6.92 Å². The van der Waals surface area contributed by atoms with Crippen LogP contribution in [0.3, 0.4) is 0 Å². The Morgan fingerprint density at radius 3 is 2.74 bits per heavy atom. The van der Waals surface area contributed by atoms with Crippen molar-refractivity contribution >= 4 is 21.7 Å². The molecule has 27 heavy (non-hydrogen) atoms. The highest BCUT2D eigenvalue weighted by molar-refractivity contribution is 7.89. The lowest BCUT2D eigenvalue weighted by Gasteiger charge is -2.19. The van der Waals surface area contributed by atoms with Crippen molar-refractivity contribution in [3.8, 4) is 0 Å². The largest absolute Gasteiger partial charge is 0.465 e. The number of aryl methyl sites for hydroxylation is 1. The van der Waals surface area contributed by atoms with Crippen LogP contribution in [-0.4, -0.2) is 41.1 Å². The Morgan fingerprint density at radius 1 is 1.22 bits per heavy atom. The van der Waals surface area contributed by atoms with Gasteiger partial charge < -0.3 is 9.64 Å². The van der Waals surface area contributed by atoms with E-state index in [2.05, 4.69) is 26.5 Å². The molecule has 144 valence electrons. The molecule has 0 spiro atoms. The number of carbonyl (C=O) groups is 1. The van der Waals surface area contributed by atoms with Gasteiger partial charge in [-0.2, -0.15) is 0 Å². The average Bonchev–Trinajstić information content (AvgIpc) is 3.07. The van der Waals surface area contributed by atoms with E-state index in [4.69, 9.17) is 0 Å². The molecule has 3 rings (SSSR count). The van der Waals surface area contributed by atoms with E-state index in [1.54, 1.807) is 6.92 Å². The van der Waals surface area contributed by atoms with Gasteiger partial charge >= 0.3 is 5.97 Å². The van der Waals surface area contributed by atoms with E-state index < -0.39 is 16.0 Å². The number of ether oxygens (including phenoxy) is 1. The van der Waals surface area contributed by atoms with Crippen molar-refractivity contribution in [3.63, 3.8) is 0 Å². The fourth-order valence-electron chi connectivity index (χ4n) is 3.39. The van der Waals surface area contributed by atoms with Gasteiger partial charge in [-0.15, -0.1) is 0 Å². The molecule has 0 aromatic heterocycles. The van der Waals surface area contributed by atoms with Gasteiger partial charge in [-0.3, -0.25) is 0 Å². The van der Waals surface area contributed by atoms with Gasteiger partial charge in [0, 0.05) is 25.3 Å². The van der Waals surface area contributed by atoms with Gasteiger partial charge in [0.15, 0.2) is 0 Å². The summed E-state index contributed by atoms with van der Waals surface area (Å²) < 4.78 is 32.4. The third-order valence-corrected chi connectivity index (χ3v) is 6.39. The molecular formula is C20H24N2O4S. The van der Waals surface area contributed by atoms with Crippen LogP contribution in [0.25, 0.3) is 0 Å². The van der Waals surface area contributed by atoms with Crippen LogP contribution >= 0.6 is 0 Å². The van der Waals surface area contributed by atoms with Crippen molar-refractivity contribution in [1.29, 1.82) is 0 Å². The topological polar surface area (TPSA) is 75.7 Å². The number of anilines is 1. The normalized spacial score (nSPS) is 13.5. The number of hydrogen-bond donors (Lipinski definition) is 1. The molecule has 0 radical (unpaired) electrons. The van der Waals surface area contributed by atoms with E-state index in [0.29, 0.717) is 24.1 Å². The predicted octanol–water partition coefficient (Wildman–Crippen LogP) is 2.51. The number of nitrogens with one attached hydrogen (secondary N) is 1. The second-order valence-electron chi connectivity index (χ2n) is 6.59. The fourth-order valence-corrected chi connectivity index (χ4v) is 4.69. The molecule has 1 heterocycles. The molecule has 0 atom stereocenters. The van der Waals surface area contributed by atoms with E-state index in [1.807, 2.05) is 12.1 Å². The first-order valence-electron chi connectivity index (χ1n) is 8.94. The van der Waals surface area contributed by atoms with Crippen LogP contribution < -0.4 is 9.62 Å². The number of carbonyl (C=O) groups excluding carboxylic acids is 1. The maximum absolute atomic E-state index is 12.6. The van der Waals surface area contributed by atoms with Crippen molar-refractivity contribution in [1.82, 2.24) is 4.72 Å². The predicted molar refractivity (Wildman–Crippen MR) is 105 cm³/mol. The lowest BCUT2D eigenvalue weighted by molar-refractivity contribution is 0.0600. The summed E-state index contributed by atoms with van der Waals surface area (Å²) >= 11 is 0. The first-order valence-corrected chi connectivity index (χ1v) is 10.4. The summed E-state index contributed by atoms with van der Waals surface area (Å²) in [6, 6.07) is 12.8. The number of rotatable bonds is 7. The van der Waals surface area contributed by atoms with Crippen LogP contribution in [0.1, 0.15) is 27.9 Å². The Morgan fingerprint density at radius 2 is 2.00 bits per heavy atom. The number of fused-ring (bicyclic) bond motifs is 1. The minimum Gasteiger partial charge on any atom is -0.465 e. The fraction of sp³-hybridized carbons (Fsp3) is 0.350. The number of hydrogen-bond acceptors (Lipinski definition) is 5. The number of nitrogens with zero attached hydrogens (tertiary/aromatic N) is 1. The van der Waals surface area contributed by atoms with E-state index in [-0.39, 0.29) is 4.90 Å². The minimum absolute atomic E-state index is 0.182. The summed E-state index contributed by atoms with van der Waals surface area (Å²) in [5.41, 5.74) is 3.44. The van der Waals surface area contributed by atoms with Gasteiger partial charge in [-0.1, -0.05) is 18.2 Å². The maximum Gasteiger partial charge on any atom is 0.337 e. The first kappa shape index (κ1) is 19.4. The summed E-state index contributed by atoms with van der Waals surface area (Å²) in [6.07, 6.45) is 1.75. The van der Waals surface area contributed by atoms with Crippen molar-refractivity contribution < 1.29 is 17.9 Å². The molecule has 7 heteroatoms. The third kappa shape index (κ3) is 4.31. The smallest absolute Gasteiger partial charge is 0.337 e. The summed E-state index contributed by atoms with van der Waals surface area (Å²) in [7, 11) is -2.32. The van der Waals surface area contributed by atoms with Crippen LogP contribution in [-0.2, 0) is 21.2 Å². The van der Waals surface area contributed by atoms with E-state index in [0.717, 1.165) is 19.5 Å². The van der Waals surface area contributed by atoms with Gasteiger partial charge in [0.25, 0.3) is 0 Å². The second kappa shape index (κ2) is 8.10. The maximum atomic E-state index is 12.6. The van der Waals surface area contributed by atoms with Gasteiger partial charge in [0.2, 0.25) is 10.0 Å².